The van der Waals surface area contributed by atoms with Crippen LogP contribution in [0.3, 0.4) is 0 Å². The molecule has 1 heterocycles. The van der Waals surface area contributed by atoms with Gasteiger partial charge in [-0.15, -0.1) is 0 Å². The van der Waals surface area contributed by atoms with Crippen LogP contribution in [0.25, 0.3) is 0 Å². The van der Waals surface area contributed by atoms with Crippen LogP contribution in [0.4, 0.5) is 0 Å². The molecule has 0 saturated carbocycles. The number of ether oxygens (including phenoxy) is 4. The van der Waals surface area contributed by atoms with Gasteiger partial charge in [0.1, 0.15) is 29.9 Å². The summed E-state index contributed by atoms with van der Waals surface area (Å²) in [6.07, 6.45) is -1.88. The first kappa shape index (κ1) is 16.7. The van der Waals surface area contributed by atoms with Gasteiger partial charge in [-0.05, 0) is 12.1 Å². The molecule has 21 heavy (non-hydrogen) atoms. The highest BCUT2D eigenvalue weighted by molar-refractivity contribution is 7.99. The molecule has 5 nitrogen and oxygen atoms in total. The Balaban J connectivity index is 2.13. The lowest BCUT2D eigenvalue weighted by molar-refractivity contribution is -0.223. The van der Waals surface area contributed by atoms with E-state index in [1.165, 1.54) is 11.8 Å². The molecule has 0 amide bonds. The van der Waals surface area contributed by atoms with Crippen molar-refractivity contribution in [2.45, 2.75) is 34.7 Å². The molecule has 0 radical (unpaired) electrons. The first-order chi connectivity index (χ1) is 10.2. The number of hydrogen-bond donors (Lipinski definition) is 1. The molecule has 118 valence electrons. The summed E-state index contributed by atoms with van der Waals surface area (Å²) in [4.78, 5) is 1.03. The van der Waals surface area contributed by atoms with Gasteiger partial charge in [-0.3, -0.25) is 0 Å². The zero-order valence-corrected chi connectivity index (χ0v) is 13.3. The highest BCUT2D eigenvalue weighted by Crippen LogP contribution is 2.35. The third-order valence-corrected chi connectivity index (χ3v) is 4.65. The van der Waals surface area contributed by atoms with Crippen LogP contribution in [0.1, 0.15) is 0 Å². The van der Waals surface area contributed by atoms with Crippen LogP contribution in [-0.4, -0.2) is 62.9 Å². The molecule has 0 aromatic heterocycles. The van der Waals surface area contributed by atoms with Gasteiger partial charge in [0.05, 0.1) is 6.61 Å². The number of thioether (sulfide) groups is 1. The van der Waals surface area contributed by atoms with Crippen LogP contribution in [-0.2, 0) is 18.9 Å². The van der Waals surface area contributed by atoms with Gasteiger partial charge in [-0.2, -0.15) is 0 Å². The fraction of sp³-hybridized carbons (Fsp3) is 0.600. The predicted octanol–water partition coefficient (Wildman–Crippen LogP) is 1.54. The van der Waals surface area contributed by atoms with Crippen molar-refractivity contribution in [2.75, 3.05) is 27.9 Å². The first-order valence-electron chi connectivity index (χ1n) is 6.81. The summed E-state index contributed by atoms with van der Waals surface area (Å²) in [6.45, 7) is 0.386. The van der Waals surface area contributed by atoms with E-state index in [0.717, 1.165) is 4.90 Å². The summed E-state index contributed by atoms with van der Waals surface area (Å²) < 4.78 is 22.0. The molecule has 1 saturated heterocycles. The minimum atomic E-state index is -0.779. The molecule has 0 bridgehead atoms. The Labute approximate surface area is 129 Å². The fourth-order valence-corrected chi connectivity index (χ4v) is 3.55. The standard InChI is InChI=1S/C15H22O5S/c1-17-9-11-13(18-2)14(19-3)12(16)15(20-11)21-10-7-5-4-6-8-10/h4-8,11-16H,9H2,1-3H3/t11-,12-,13-,14-,15+/m1/s1. The second-order valence-electron chi connectivity index (χ2n) is 4.82. The normalized spacial score (nSPS) is 33.0. The SMILES string of the molecule is COC[C@H]1O[C@@H](Sc2ccccc2)[C@H](O)[C@@H](OC)[C@@H]1OC. The average Bonchev–Trinajstić information content (AvgIpc) is 2.51. The minimum absolute atomic E-state index is 0.283. The van der Waals surface area contributed by atoms with Gasteiger partial charge in [-0.25, -0.2) is 0 Å². The Morgan fingerprint density at radius 1 is 1.10 bits per heavy atom. The summed E-state index contributed by atoms with van der Waals surface area (Å²) in [5.74, 6) is 0. The predicted molar refractivity (Wildman–Crippen MR) is 80.4 cm³/mol. The lowest BCUT2D eigenvalue weighted by Crippen LogP contribution is -2.59. The minimum Gasteiger partial charge on any atom is -0.387 e. The van der Waals surface area contributed by atoms with E-state index in [2.05, 4.69) is 0 Å². The molecule has 0 aliphatic carbocycles. The molecule has 1 aliphatic rings. The smallest absolute Gasteiger partial charge is 0.136 e. The second kappa shape index (κ2) is 8.12. The van der Waals surface area contributed by atoms with E-state index in [9.17, 15) is 5.11 Å². The molecule has 0 spiro atoms. The van der Waals surface area contributed by atoms with Crippen LogP contribution in [0.15, 0.2) is 35.2 Å². The maximum atomic E-state index is 10.5. The van der Waals surface area contributed by atoms with E-state index >= 15 is 0 Å². The Bertz CT molecular complexity index is 416. The van der Waals surface area contributed by atoms with Crippen molar-refractivity contribution >= 4 is 11.8 Å². The summed E-state index contributed by atoms with van der Waals surface area (Å²) in [7, 11) is 4.77. The second-order valence-corrected chi connectivity index (χ2v) is 5.99. The summed E-state index contributed by atoms with van der Waals surface area (Å²) >= 11 is 1.47. The van der Waals surface area contributed by atoms with E-state index in [1.54, 1.807) is 21.3 Å². The summed E-state index contributed by atoms with van der Waals surface area (Å²) in [5, 5.41) is 10.5. The lowest BCUT2D eigenvalue weighted by atomic mass is 10.00. The van der Waals surface area contributed by atoms with Gasteiger partial charge in [0.2, 0.25) is 0 Å². The van der Waals surface area contributed by atoms with Gasteiger partial charge in [-0.1, -0.05) is 30.0 Å². The molecule has 1 fully saturated rings. The van der Waals surface area contributed by atoms with Crippen molar-refractivity contribution in [3.63, 3.8) is 0 Å². The number of hydrogen-bond acceptors (Lipinski definition) is 6. The molecule has 1 aromatic carbocycles. The molecule has 1 N–H and O–H groups in total. The molecule has 2 rings (SSSR count). The molecule has 1 aromatic rings. The Kier molecular flexibility index (Phi) is 6.47. The number of methoxy groups -OCH3 is 3. The maximum Gasteiger partial charge on any atom is 0.136 e. The van der Waals surface area contributed by atoms with E-state index in [1.807, 2.05) is 30.3 Å². The van der Waals surface area contributed by atoms with Crippen molar-refractivity contribution in [3.05, 3.63) is 30.3 Å². The van der Waals surface area contributed by atoms with E-state index in [4.69, 9.17) is 18.9 Å². The Morgan fingerprint density at radius 2 is 1.76 bits per heavy atom. The zero-order chi connectivity index (χ0) is 15.2. The van der Waals surface area contributed by atoms with Gasteiger partial charge in [0.15, 0.2) is 0 Å². The van der Waals surface area contributed by atoms with Crippen LogP contribution in [0, 0.1) is 0 Å². The van der Waals surface area contributed by atoms with Crippen molar-refractivity contribution < 1.29 is 24.1 Å². The van der Waals surface area contributed by atoms with Gasteiger partial charge in [0.25, 0.3) is 0 Å². The fourth-order valence-electron chi connectivity index (χ4n) is 2.48. The number of benzene rings is 1. The highest BCUT2D eigenvalue weighted by atomic mass is 32.2. The number of rotatable bonds is 6. The van der Waals surface area contributed by atoms with Crippen molar-refractivity contribution in [3.8, 4) is 0 Å². The lowest BCUT2D eigenvalue weighted by Gasteiger charge is -2.43. The Hall–Kier alpha value is -0.630. The summed E-state index contributed by atoms with van der Waals surface area (Å²) in [6, 6.07) is 9.83. The van der Waals surface area contributed by atoms with E-state index < -0.39 is 17.6 Å². The third kappa shape index (κ3) is 3.97. The average molecular weight is 314 g/mol. The van der Waals surface area contributed by atoms with Crippen LogP contribution >= 0.6 is 11.8 Å². The van der Waals surface area contributed by atoms with Crippen LogP contribution in [0.2, 0.25) is 0 Å². The quantitative estimate of drug-likeness (QED) is 0.859. The van der Waals surface area contributed by atoms with Gasteiger partial charge in [0, 0.05) is 26.2 Å². The Morgan fingerprint density at radius 3 is 2.33 bits per heavy atom. The van der Waals surface area contributed by atoms with Crippen molar-refractivity contribution in [1.29, 1.82) is 0 Å². The molecule has 6 heteroatoms. The molecular weight excluding hydrogens is 292 g/mol. The monoisotopic (exact) mass is 314 g/mol. The summed E-state index contributed by atoms with van der Waals surface area (Å²) in [5.41, 5.74) is -0.427. The van der Waals surface area contributed by atoms with E-state index in [0.29, 0.717) is 6.61 Å². The molecule has 1 aliphatic heterocycles. The largest absolute Gasteiger partial charge is 0.387 e. The number of aliphatic hydroxyl groups excluding tert-OH is 1. The number of aliphatic hydroxyl groups is 1. The maximum absolute atomic E-state index is 10.5. The zero-order valence-electron chi connectivity index (χ0n) is 12.5. The van der Waals surface area contributed by atoms with E-state index in [-0.39, 0.29) is 12.2 Å². The topological polar surface area (TPSA) is 57.2 Å². The van der Waals surface area contributed by atoms with Crippen LogP contribution < -0.4 is 0 Å². The first-order valence-corrected chi connectivity index (χ1v) is 7.69. The van der Waals surface area contributed by atoms with Crippen molar-refractivity contribution in [1.82, 2.24) is 0 Å². The molecule has 0 unspecified atom stereocenters. The van der Waals surface area contributed by atoms with Gasteiger partial charge < -0.3 is 24.1 Å². The van der Waals surface area contributed by atoms with Gasteiger partial charge >= 0.3 is 0 Å². The van der Waals surface area contributed by atoms with Crippen LogP contribution in [0.5, 0.6) is 0 Å². The molecule has 5 atom stereocenters. The highest BCUT2D eigenvalue weighted by Gasteiger charge is 2.46. The molecular formula is C15H22O5S. The van der Waals surface area contributed by atoms with Crippen molar-refractivity contribution in [2.24, 2.45) is 0 Å². The third-order valence-electron chi connectivity index (χ3n) is 3.49.